The molecule has 0 atom stereocenters. The molecule has 21 heavy (non-hydrogen) atoms. The van der Waals surface area contributed by atoms with E-state index >= 15 is 0 Å². The van der Waals surface area contributed by atoms with Crippen LogP contribution >= 0.6 is 11.6 Å². The number of nitrogens with zero attached hydrogens (tertiary/aromatic N) is 1. The van der Waals surface area contributed by atoms with Crippen molar-refractivity contribution in [3.8, 4) is 0 Å². The van der Waals surface area contributed by atoms with Gasteiger partial charge in [-0.2, -0.15) is 5.10 Å². The van der Waals surface area contributed by atoms with Crippen molar-refractivity contribution in [2.75, 3.05) is 11.9 Å². The molecule has 1 aromatic rings. The molecule has 0 aliphatic carbocycles. The molecule has 0 unspecified atom stereocenters. The molecule has 1 aromatic carbocycles. The van der Waals surface area contributed by atoms with Gasteiger partial charge in [0, 0.05) is 12.8 Å². The number of carbonyl (C=O) groups is 3. The summed E-state index contributed by atoms with van der Waals surface area (Å²) in [7, 11) is 0. The molecule has 2 N–H and O–H groups in total. The topological polar surface area (TPSA) is 96.9 Å². The number of halogens is 1. The van der Waals surface area contributed by atoms with Crippen LogP contribution < -0.4 is 10.7 Å². The second-order valence-electron chi connectivity index (χ2n) is 4.20. The highest BCUT2D eigenvalue weighted by atomic mass is 35.5. The predicted octanol–water partition coefficient (Wildman–Crippen LogP) is 1.09. The molecule has 2 amide bonds. The third-order valence-corrected chi connectivity index (χ3v) is 2.95. The fourth-order valence-electron chi connectivity index (χ4n) is 1.58. The SMILES string of the molecule is O=C1CCC(C(=O)OCC(=O)Nc2ccccc2Cl)=NN1. The zero-order chi connectivity index (χ0) is 15.2. The van der Waals surface area contributed by atoms with Crippen LogP contribution in [0.4, 0.5) is 5.69 Å². The van der Waals surface area contributed by atoms with Crippen molar-refractivity contribution in [2.45, 2.75) is 12.8 Å². The minimum absolute atomic E-state index is 0.0835. The van der Waals surface area contributed by atoms with Crippen molar-refractivity contribution in [3.63, 3.8) is 0 Å². The lowest BCUT2D eigenvalue weighted by molar-refractivity contribution is -0.140. The van der Waals surface area contributed by atoms with Crippen LogP contribution in [0.3, 0.4) is 0 Å². The highest BCUT2D eigenvalue weighted by Crippen LogP contribution is 2.20. The van der Waals surface area contributed by atoms with E-state index in [0.717, 1.165) is 0 Å². The van der Waals surface area contributed by atoms with Gasteiger partial charge in [-0.3, -0.25) is 9.59 Å². The fraction of sp³-hybridized carbons (Fsp3) is 0.231. The summed E-state index contributed by atoms with van der Waals surface area (Å²) in [5.41, 5.74) is 2.69. The van der Waals surface area contributed by atoms with Crippen molar-refractivity contribution < 1.29 is 19.1 Å². The van der Waals surface area contributed by atoms with Gasteiger partial charge in [0.2, 0.25) is 5.91 Å². The van der Waals surface area contributed by atoms with E-state index in [0.29, 0.717) is 10.7 Å². The van der Waals surface area contributed by atoms with E-state index in [-0.39, 0.29) is 24.5 Å². The highest BCUT2D eigenvalue weighted by Gasteiger charge is 2.20. The zero-order valence-corrected chi connectivity index (χ0v) is 11.6. The van der Waals surface area contributed by atoms with Gasteiger partial charge >= 0.3 is 5.97 Å². The largest absolute Gasteiger partial charge is 0.451 e. The van der Waals surface area contributed by atoms with Crippen LogP contribution in [0.2, 0.25) is 5.02 Å². The Labute approximate surface area is 125 Å². The van der Waals surface area contributed by atoms with Crippen molar-refractivity contribution in [3.05, 3.63) is 29.3 Å². The number of amides is 2. The summed E-state index contributed by atoms with van der Waals surface area (Å²) < 4.78 is 4.81. The summed E-state index contributed by atoms with van der Waals surface area (Å²) in [4.78, 5) is 34.2. The summed E-state index contributed by atoms with van der Waals surface area (Å²) in [6, 6.07) is 6.70. The molecule has 0 saturated carbocycles. The zero-order valence-electron chi connectivity index (χ0n) is 10.9. The van der Waals surface area contributed by atoms with Crippen LogP contribution in [0.25, 0.3) is 0 Å². The van der Waals surface area contributed by atoms with E-state index in [4.69, 9.17) is 16.3 Å². The van der Waals surface area contributed by atoms with Crippen LogP contribution in [0.5, 0.6) is 0 Å². The molecule has 8 heteroatoms. The Bertz CT molecular complexity index is 615. The predicted molar refractivity (Wildman–Crippen MR) is 75.9 cm³/mol. The molecular formula is C13H12ClN3O4. The van der Waals surface area contributed by atoms with Gasteiger partial charge in [-0.05, 0) is 12.1 Å². The van der Waals surface area contributed by atoms with Crippen LogP contribution in [-0.2, 0) is 19.1 Å². The van der Waals surface area contributed by atoms with Gasteiger partial charge in [0.1, 0.15) is 5.71 Å². The number of para-hydroxylation sites is 1. The Kier molecular flexibility index (Phi) is 4.89. The molecule has 0 radical (unpaired) electrons. The van der Waals surface area contributed by atoms with Crippen molar-refractivity contribution in [1.82, 2.24) is 5.43 Å². The molecule has 110 valence electrons. The summed E-state index contributed by atoms with van der Waals surface area (Å²) in [6.07, 6.45) is 0.358. The Morgan fingerprint density at radius 3 is 2.76 bits per heavy atom. The smallest absolute Gasteiger partial charge is 0.355 e. The summed E-state index contributed by atoms with van der Waals surface area (Å²) in [5, 5.41) is 6.48. The maximum atomic E-state index is 11.6. The van der Waals surface area contributed by atoms with Gasteiger partial charge in [0.05, 0.1) is 10.7 Å². The van der Waals surface area contributed by atoms with Crippen LogP contribution in [-0.4, -0.2) is 30.1 Å². The number of anilines is 1. The molecule has 7 nitrogen and oxygen atoms in total. The van der Waals surface area contributed by atoms with Crippen molar-refractivity contribution in [1.29, 1.82) is 0 Å². The van der Waals surface area contributed by atoms with E-state index in [1.165, 1.54) is 0 Å². The normalized spacial score (nSPS) is 14.0. The van der Waals surface area contributed by atoms with Gasteiger partial charge in [-0.1, -0.05) is 23.7 Å². The second kappa shape index (κ2) is 6.85. The molecule has 1 aliphatic rings. The second-order valence-corrected chi connectivity index (χ2v) is 4.60. The van der Waals surface area contributed by atoms with E-state index in [2.05, 4.69) is 15.8 Å². The van der Waals surface area contributed by atoms with E-state index < -0.39 is 18.5 Å². The minimum Gasteiger partial charge on any atom is -0.451 e. The number of ether oxygens (including phenoxy) is 1. The Morgan fingerprint density at radius 2 is 2.10 bits per heavy atom. The first-order valence-corrected chi connectivity index (χ1v) is 6.51. The monoisotopic (exact) mass is 309 g/mol. The first-order chi connectivity index (χ1) is 10.1. The van der Waals surface area contributed by atoms with Crippen LogP contribution in [0.15, 0.2) is 29.4 Å². The third kappa shape index (κ3) is 4.28. The lowest BCUT2D eigenvalue weighted by atomic mass is 10.2. The average Bonchev–Trinajstić information content (AvgIpc) is 2.48. The average molecular weight is 310 g/mol. The number of carbonyl (C=O) groups excluding carboxylic acids is 3. The van der Waals surface area contributed by atoms with E-state index in [1.807, 2.05) is 0 Å². The lowest BCUT2D eigenvalue weighted by Crippen LogP contribution is -2.32. The lowest BCUT2D eigenvalue weighted by Gasteiger charge is -2.11. The van der Waals surface area contributed by atoms with Gasteiger partial charge < -0.3 is 10.1 Å². The van der Waals surface area contributed by atoms with Gasteiger partial charge in [0.15, 0.2) is 6.61 Å². The Hall–Kier alpha value is -2.41. The quantitative estimate of drug-likeness (QED) is 0.814. The minimum atomic E-state index is -0.732. The molecule has 0 aromatic heterocycles. The van der Waals surface area contributed by atoms with Crippen LogP contribution in [0, 0.1) is 0 Å². The highest BCUT2D eigenvalue weighted by molar-refractivity contribution is 6.37. The fourth-order valence-corrected chi connectivity index (χ4v) is 1.77. The molecule has 2 rings (SSSR count). The first-order valence-electron chi connectivity index (χ1n) is 6.13. The number of benzene rings is 1. The van der Waals surface area contributed by atoms with Crippen molar-refractivity contribution >= 4 is 40.8 Å². The molecular weight excluding hydrogens is 298 g/mol. The molecule has 0 spiro atoms. The number of hydrogen-bond donors (Lipinski definition) is 2. The number of rotatable bonds is 4. The number of hydrogen-bond acceptors (Lipinski definition) is 5. The standard InChI is InChI=1S/C13H12ClN3O4/c14-8-3-1-2-4-9(8)15-12(19)7-21-13(20)10-5-6-11(18)17-16-10/h1-4H,5-7H2,(H,15,19)(H,17,18). The summed E-state index contributed by atoms with van der Waals surface area (Å²) >= 11 is 5.88. The number of esters is 1. The Morgan fingerprint density at radius 1 is 1.33 bits per heavy atom. The molecule has 0 fully saturated rings. The molecule has 1 aliphatic heterocycles. The summed E-state index contributed by atoms with van der Waals surface area (Å²) in [6.45, 7) is -0.461. The molecule has 0 saturated heterocycles. The Balaban J connectivity index is 1.83. The van der Waals surface area contributed by atoms with Crippen molar-refractivity contribution in [2.24, 2.45) is 5.10 Å². The van der Waals surface area contributed by atoms with Gasteiger partial charge in [-0.15, -0.1) is 0 Å². The van der Waals surface area contributed by atoms with Gasteiger partial charge in [-0.25, -0.2) is 10.2 Å². The number of hydrazone groups is 1. The summed E-state index contributed by atoms with van der Waals surface area (Å²) in [5.74, 6) is -1.51. The van der Waals surface area contributed by atoms with E-state index in [9.17, 15) is 14.4 Å². The van der Waals surface area contributed by atoms with E-state index in [1.54, 1.807) is 24.3 Å². The maximum Gasteiger partial charge on any atom is 0.355 e. The van der Waals surface area contributed by atoms with Gasteiger partial charge in [0.25, 0.3) is 5.91 Å². The molecule has 0 bridgehead atoms. The number of nitrogens with one attached hydrogen (secondary N) is 2. The molecule has 1 heterocycles. The third-order valence-electron chi connectivity index (χ3n) is 2.62. The van der Waals surface area contributed by atoms with Crippen LogP contribution in [0.1, 0.15) is 12.8 Å². The maximum absolute atomic E-state index is 11.6. The first kappa shape index (κ1) is 15.0.